The van der Waals surface area contributed by atoms with Crippen molar-refractivity contribution in [3.8, 4) is 6.07 Å². The summed E-state index contributed by atoms with van der Waals surface area (Å²) < 4.78 is 1.61. The molecule has 0 fully saturated rings. The molecule has 0 saturated carbocycles. The van der Waals surface area contributed by atoms with Gasteiger partial charge in [0, 0.05) is 30.4 Å². The van der Waals surface area contributed by atoms with E-state index in [0.717, 1.165) is 0 Å². The zero-order valence-electron chi connectivity index (χ0n) is 12.4. The van der Waals surface area contributed by atoms with Gasteiger partial charge in [0.15, 0.2) is 0 Å². The Kier molecular flexibility index (Phi) is 5.10. The quantitative estimate of drug-likeness (QED) is 0.920. The highest BCUT2D eigenvalue weighted by Crippen LogP contribution is 2.10. The lowest BCUT2D eigenvalue weighted by Gasteiger charge is -2.07. The average Bonchev–Trinajstić information content (AvgIpc) is 2.51. The third kappa shape index (κ3) is 4.06. The number of carbonyl (C=O) groups excluding carboxylic acids is 1. The average molecular weight is 295 g/mol. The first kappa shape index (κ1) is 15.5. The number of carbonyl (C=O) groups is 1. The molecular weight excluding hydrogens is 278 g/mol. The van der Waals surface area contributed by atoms with E-state index in [9.17, 15) is 9.59 Å². The maximum Gasteiger partial charge on any atom is 0.253 e. The molecule has 22 heavy (non-hydrogen) atoms. The van der Waals surface area contributed by atoms with Crippen LogP contribution < -0.4 is 10.9 Å². The summed E-state index contributed by atoms with van der Waals surface area (Å²) in [5.74, 6) is -0.129. The lowest BCUT2D eigenvalue weighted by atomic mass is 10.2. The van der Waals surface area contributed by atoms with Gasteiger partial charge in [0.1, 0.15) is 0 Å². The lowest BCUT2D eigenvalue weighted by Crippen LogP contribution is -2.22. The Morgan fingerprint density at radius 3 is 2.91 bits per heavy atom. The predicted octanol–water partition coefficient (Wildman–Crippen LogP) is 2.45. The van der Waals surface area contributed by atoms with Crippen LogP contribution in [0.3, 0.4) is 0 Å². The van der Waals surface area contributed by atoms with Crippen molar-refractivity contribution in [3.63, 3.8) is 0 Å². The maximum absolute atomic E-state index is 11.9. The van der Waals surface area contributed by atoms with E-state index in [2.05, 4.69) is 5.32 Å². The normalized spacial score (nSPS) is 10.0. The van der Waals surface area contributed by atoms with Crippen LogP contribution in [-0.2, 0) is 11.3 Å². The highest BCUT2D eigenvalue weighted by Gasteiger charge is 2.04. The van der Waals surface area contributed by atoms with E-state index in [0.29, 0.717) is 36.2 Å². The van der Waals surface area contributed by atoms with Gasteiger partial charge in [0.25, 0.3) is 5.56 Å². The summed E-state index contributed by atoms with van der Waals surface area (Å²) in [6.45, 7) is 2.28. The molecule has 1 N–H and O–H groups in total. The zero-order chi connectivity index (χ0) is 15.9. The number of nitriles is 1. The molecule has 2 rings (SSSR count). The first-order valence-electron chi connectivity index (χ1n) is 7.06. The third-order valence-electron chi connectivity index (χ3n) is 3.29. The monoisotopic (exact) mass is 295 g/mol. The largest absolute Gasteiger partial charge is 0.326 e. The van der Waals surface area contributed by atoms with Gasteiger partial charge in [-0.2, -0.15) is 5.26 Å². The van der Waals surface area contributed by atoms with E-state index >= 15 is 0 Å². The maximum atomic E-state index is 11.9. The van der Waals surface area contributed by atoms with Gasteiger partial charge in [-0.3, -0.25) is 9.59 Å². The summed E-state index contributed by atoms with van der Waals surface area (Å²) in [5, 5.41) is 11.6. The van der Waals surface area contributed by atoms with Crippen LogP contribution in [-0.4, -0.2) is 10.5 Å². The Morgan fingerprint density at radius 2 is 2.14 bits per heavy atom. The van der Waals surface area contributed by atoms with E-state index in [1.807, 2.05) is 12.1 Å². The van der Waals surface area contributed by atoms with Crippen molar-refractivity contribution in [1.82, 2.24) is 4.57 Å². The molecule has 112 valence electrons. The van der Waals surface area contributed by atoms with Crippen LogP contribution in [0.4, 0.5) is 5.69 Å². The van der Waals surface area contributed by atoms with Crippen molar-refractivity contribution in [3.05, 3.63) is 64.1 Å². The highest BCUT2D eigenvalue weighted by atomic mass is 16.1. The summed E-state index contributed by atoms with van der Waals surface area (Å²) in [6, 6.07) is 12.4. The molecule has 1 aromatic carbocycles. The summed E-state index contributed by atoms with van der Waals surface area (Å²) in [4.78, 5) is 23.7. The van der Waals surface area contributed by atoms with E-state index in [4.69, 9.17) is 5.26 Å². The van der Waals surface area contributed by atoms with Gasteiger partial charge in [-0.25, -0.2) is 0 Å². The second kappa shape index (κ2) is 7.23. The number of hydrogen-bond acceptors (Lipinski definition) is 3. The number of rotatable bonds is 5. The number of aromatic nitrogens is 1. The minimum Gasteiger partial charge on any atom is -0.326 e. The van der Waals surface area contributed by atoms with Crippen LogP contribution in [0.25, 0.3) is 0 Å². The van der Waals surface area contributed by atoms with Crippen molar-refractivity contribution in [2.24, 2.45) is 0 Å². The molecular formula is C17H17N3O2. The number of hydrogen-bond donors (Lipinski definition) is 1. The molecule has 0 bridgehead atoms. The van der Waals surface area contributed by atoms with Gasteiger partial charge < -0.3 is 9.88 Å². The molecule has 5 nitrogen and oxygen atoms in total. The first-order chi connectivity index (χ1) is 10.6. The fourth-order valence-electron chi connectivity index (χ4n) is 2.13. The van der Waals surface area contributed by atoms with Crippen LogP contribution in [0.5, 0.6) is 0 Å². The number of nitrogens with one attached hydrogen (secondary N) is 1. The second-order valence-corrected chi connectivity index (χ2v) is 5.03. The van der Waals surface area contributed by atoms with Crippen LogP contribution in [0.1, 0.15) is 24.0 Å². The van der Waals surface area contributed by atoms with Gasteiger partial charge in [0.2, 0.25) is 5.91 Å². The second-order valence-electron chi connectivity index (χ2n) is 5.03. The summed E-state index contributed by atoms with van der Waals surface area (Å²) in [6.07, 6.45) is 2.62. The first-order valence-corrected chi connectivity index (χ1v) is 7.06. The molecule has 1 amide bonds. The number of amides is 1. The highest BCUT2D eigenvalue weighted by molar-refractivity contribution is 5.90. The number of anilines is 1. The molecule has 0 unspecified atom stereocenters. The molecule has 5 heteroatoms. The molecule has 1 heterocycles. The molecule has 0 spiro atoms. The van der Waals surface area contributed by atoms with Crippen LogP contribution in [0, 0.1) is 18.3 Å². The van der Waals surface area contributed by atoms with Gasteiger partial charge in [-0.1, -0.05) is 12.1 Å². The molecule has 2 aromatic rings. The lowest BCUT2D eigenvalue weighted by molar-refractivity contribution is -0.116. The van der Waals surface area contributed by atoms with Crippen molar-refractivity contribution < 1.29 is 4.79 Å². The number of nitrogens with zero attached hydrogens (tertiary/aromatic N) is 2. The SMILES string of the molecule is Cc1cccn(CCCC(=O)Nc2cccc(C#N)c2)c1=O. The Morgan fingerprint density at radius 1 is 1.32 bits per heavy atom. The van der Waals surface area contributed by atoms with Crippen LogP contribution in [0.15, 0.2) is 47.4 Å². The summed E-state index contributed by atoms with van der Waals surface area (Å²) >= 11 is 0. The van der Waals surface area contributed by atoms with E-state index in [-0.39, 0.29) is 11.5 Å². The molecule has 0 saturated heterocycles. The predicted molar refractivity (Wildman–Crippen MR) is 84.5 cm³/mol. The summed E-state index contributed by atoms with van der Waals surface area (Å²) in [5.41, 5.74) is 1.78. The van der Waals surface area contributed by atoms with Gasteiger partial charge in [-0.15, -0.1) is 0 Å². The standard InChI is InChI=1S/C17H17N3O2/c1-13-5-3-9-20(17(13)22)10-4-8-16(21)19-15-7-2-6-14(11-15)12-18/h2-3,5-7,9,11H,4,8,10H2,1H3,(H,19,21). The fraction of sp³-hybridized carbons (Fsp3) is 0.235. The van der Waals surface area contributed by atoms with E-state index in [1.165, 1.54) is 0 Å². The van der Waals surface area contributed by atoms with Crippen molar-refractivity contribution in [1.29, 1.82) is 5.26 Å². The summed E-state index contributed by atoms with van der Waals surface area (Å²) in [7, 11) is 0. The smallest absolute Gasteiger partial charge is 0.253 e. The van der Waals surface area contributed by atoms with E-state index < -0.39 is 0 Å². The van der Waals surface area contributed by atoms with Crippen LogP contribution in [0.2, 0.25) is 0 Å². The van der Waals surface area contributed by atoms with Gasteiger partial charge in [-0.05, 0) is 37.6 Å². The van der Waals surface area contributed by atoms with Crippen molar-refractivity contribution >= 4 is 11.6 Å². The number of benzene rings is 1. The minimum absolute atomic E-state index is 0.0235. The molecule has 0 aliphatic carbocycles. The van der Waals surface area contributed by atoms with Crippen molar-refractivity contribution in [2.45, 2.75) is 26.3 Å². The Labute approximate surface area is 128 Å². The fourth-order valence-corrected chi connectivity index (χ4v) is 2.13. The molecule has 1 aromatic heterocycles. The molecule has 0 atom stereocenters. The Balaban J connectivity index is 1.87. The number of pyridine rings is 1. The van der Waals surface area contributed by atoms with Crippen molar-refractivity contribution in [2.75, 3.05) is 5.32 Å². The third-order valence-corrected chi connectivity index (χ3v) is 3.29. The molecule has 0 radical (unpaired) electrons. The van der Waals surface area contributed by atoms with E-state index in [1.54, 1.807) is 48.0 Å². The number of aryl methyl sites for hydroxylation is 2. The topological polar surface area (TPSA) is 74.9 Å². The van der Waals surface area contributed by atoms with Gasteiger partial charge >= 0.3 is 0 Å². The molecule has 0 aliphatic rings. The zero-order valence-corrected chi connectivity index (χ0v) is 12.4. The Bertz CT molecular complexity index is 772. The van der Waals surface area contributed by atoms with Gasteiger partial charge in [0.05, 0.1) is 11.6 Å². The minimum atomic E-state index is -0.129. The Hall–Kier alpha value is -2.87. The van der Waals surface area contributed by atoms with Crippen LogP contribution >= 0.6 is 0 Å². The molecule has 0 aliphatic heterocycles.